The number of fused-ring (bicyclic) bond motifs is 5. The maximum absolute atomic E-state index is 15.4. The molecule has 3 aliphatic rings. The van der Waals surface area contributed by atoms with Crippen molar-refractivity contribution in [3.05, 3.63) is 97.6 Å². The molecule has 4 aromatic rings. The largest absolute Gasteiger partial charge is 0.458 e. The fourth-order valence-electron chi connectivity index (χ4n) is 10.6. The topological polar surface area (TPSA) is 387 Å². The number of carbonyl (C=O) groups is 9. The number of halogens is 1. The number of amides is 8. The lowest BCUT2D eigenvalue weighted by atomic mass is 9.81. The summed E-state index contributed by atoms with van der Waals surface area (Å²) >= 11 is 0. The minimum atomic E-state index is -2.06. The van der Waals surface area contributed by atoms with Crippen LogP contribution < -0.4 is 48.5 Å². The van der Waals surface area contributed by atoms with Crippen molar-refractivity contribution in [3.63, 3.8) is 0 Å². The van der Waals surface area contributed by atoms with E-state index in [0.29, 0.717) is 103 Å². The SMILES string of the molecule is CCOCCOCCOCCN(CC(N)=O)CC(=O)NCCOCCOCCC(=O)NCC(=O)NCC(=O)N[C@@H](Cc1ccccc1)C(=O)NCC(=O)NCOCC(=O)N[C@H]1CCc2c(C)c(F)cc3nc4c(c1c23)Cn1c-4cc2c(c1=O)COC(=O)[C@]2(O)CC. The van der Waals surface area contributed by atoms with Gasteiger partial charge in [-0.15, -0.1) is 0 Å². The number of rotatable bonds is 39. The van der Waals surface area contributed by atoms with Crippen molar-refractivity contribution in [3.8, 4) is 11.4 Å². The van der Waals surface area contributed by atoms with Gasteiger partial charge in [0, 0.05) is 55.1 Å². The fourth-order valence-corrected chi connectivity index (χ4v) is 10.6. The van der Waals surface area contributed by atoms with Gasteiger partial charge < -0.3 is 85.8 Å². The van der Waals surface area contributed by atoms with Crippen LogP contribution in [0, 0.1) is 12.7 Å². The molecular weight excluding hydrogens is 1190 g/mol. The number of nitrogens with one attached hydrogen (secondary N) is 7. The Kier molecular flexibility index (Phi) is 26.8. The summed E-state index contributed by atoms with van der Waals surface area (Å²) in [6, 6.07) is 9.76. The van der Waals surface area contributed by atoms with Crippen molar-refractivity contribution >= 4 is 64.1 Å². The zero-order chi connectivity index (χ0) is 65.5. The van der Waals surface area contributed by atoms with Crippen LogP contribution in [0.15, 0.2) is 47.3 Å². The van der Waals surface area contributed by atoms with E-state index >= 15 is 4.39 Å². The first-order chi connectivity index (χ1) is 43.8. The molecule has 1 aliphatic carbocycles. The van der Waals surface area contributed by atoms with E-state index in [4.69, 9.17) is 43.9 Å². The van der Waals surface area contributed by atoms with Gasteiger partial charge in [-0.1, -0.05) is 37.3 Å². The number of benzene rings is 2. The number of carbonyl (C=O) groups excluding carboxylic acids is 9. The maximum atomic E-state index is 15.4. The zero-order valence-electron chi connectivity index (χ0n) is 51.3. The first-order valence-corrected chi connectivity index (χ1v) is 30.1. The quantitative estimate of drug-likeness (QED) is 0.0119. The van der Waals surface area contributed by atoms with Crippen molar-refractivity contribution in [1.29, 1.82) is 0 Å². The Bertz CT molecular complexity index is 3330. The van der Waals surface area contributed by atoms with Crippen LogP contribution in [0.4, 0.5) is 4.39 Å². The number of aliphatic hydroxyl groups is 1. The summed E-state index contributed by atoms with van der Waals surface area (Å²) in [5, 5.41) is 30.1. The van der Waals surface area contributed by atoms with Crippen LogP contribution in [-0.2, 0) is 108 Å². The number of aromatic nitrogens is 2. The van der Waals surface area contributed by atoms with Gasteiger partial charge in [0.1, 0.15) is 31.8 Å². The molecule has 30 heteroatoms. The Morgan fingerprint density at radius 2 is 1.44 bits per heavy atom. The summed E-state index contributed by atoms with van der Waals surface area (Å²) in [5.41, 5.74) is 7.09. The number of primary amides is 1. The second-order valence-corrected chi connectivity index (χ2v) is 21.6. The van der Waals surface area contributed by atoms with E-state index in [1.807, 2.05) is 6.92 Å². The second kappa shape index (κ2) is 34.7. The Hall–Kier alpha value is -8.36. The molecule has 8 amide bonds. The molecule has 0 saturated heterocycles. The molecule has 0 bridgehead atoms. The van der Waals surface area contributed by atoms with E-state index in [0.717, 1.165) is 0 Å². The Labute approximate surface area is 523 Å². The summed E-state index contributed by atoms with van der Waals surface area (Å²) in [6.07, 6.45) is 0.628. The fraction of sp³-hybridized carbons (Fsp3) is 0.525. The van der Waals surface area contributed by atoms with Crippen LogP contribution in [0.1, 0.15) is 78.1 Å². The van der Waals surface area contributed by atoms with Crippen LogP contribution in [0.2, 0.25) is 0 Å². The maximum Gasteiger partial charge on any atom is 0.343 e. The van der Waals surface area contributed by atoms with Gasteiger partial charge in [0.2, 0.25) is 47.3 Å². The predicted octanol–water partition coefficient (Wildman–Crippen LogP) is -1.81. The van der Waals surface area contributed by atoms with E-state index in [2.05, 4.69) is 37.2 Å². The number of nitrogens with two attached hydrogens (primary N) is 1. The van der Waals surface area contributed by atoms with Gasteiger partial charge in [-0.05, 0) is 61.4 Å². The minimum Gasteiger partial charge on any atom is -0.458 e. The number of ether oxygens (including phenoxy) is 7. The second-order valence-electron chi connectivity index (χ2n) is 21.6. The Balaban J connectivity index is 0.775. The molecule has 3 atom stereocenters. The summed E-state index contributed by atoms with van der Waals surface area (Å²) in [4.78, 5) is 135. The molecule has 0 radical (unpaired) electrons. The molecule has 0 fully saturated rings. The third-order valence-electron chi connectivity index (χ3n) is 15.2. The first-order valence-electron chi connectivity index (χ1n) is 30.1. The molecule has 10 N–H and O–H groups in total. The lowest BCUT2D eigenvalue weighted by Gasteiger charge is -2.31. The lowest BCUT2D eigenvalue weighted by molar-refractivity contribution is -0.172. The highest BCUT2D eigenvalue weighted by molar-refractivity contribution is 5.95. The van der Waals surface area contributed by atoms with Gasteiger partial charge in [0.25, 0.3) is 5.56 Å². The summed E-state index contributed by atoms with van der Waals surface area (Å²) in [6.45, 7) is 5.75. The molecule has 0 unspecified atom stereocenters. The van der Waals surface area contributed by atoms with Crippen molar-refractivity contribution in [2.45, 2.75) is 83.7 Å². The lowest BCUT2D eigenvalue weighted by Crippen LogP contribution is -2.52. The third kappa shape index (κ3) is 19.8. The molecule has 2 aromatic carbocycles. The van der Waals surface area contributed by atoms with Crippen LogP contribution in [0.5, 0.6) is 0 Å². The van der Waals surface area contributed by atoms with Crippen molar-refractivity contribution in [2.75, 3.05) is 125 Å². The van der Waals surface area contributed by atoms with Crippen molar-refractivity contribution in [2.24, 2.45) is 5.73 Å². The van der Waals surface area contributed by atoms with Gasteiger partial charge in [-0.3, -0.25) is 48.1 Å². The highest BCUT2D eigenvalue weighted by Gasteiger charge is 2.46. The highest BCUT2D eigenvalue weighted by Crippen LogP contribution is 2.46. The van der Waals surface area contributed by atoms with Gasteiger partial charge in [0.05, 0.1) is 127 Å². The third-order valence-corrected chi connectivity index (χ3v) is 15.2. The molecule has 0 saturated carbocycles. The minimum absolute atomic E-state index is 0.0145. The van der Waals surface area contributed by atoms with E-state index in [1.165, 1.54) is 10.6 Å². The van der Waals surface area contributed by atoms with Crippen molar-refractivity contribution < 1.29 is 85.8 Å². The van der Waals surface area contributed by atoms with Crippen LogP contribution in [0.3, 0.4) is 0 Å². The average Bonchev–Trinajstić information content (AvgIpc) is 1.65. The van der Waals surface area contributed by atoms with Crippen LogP contribution in [0.25, 0.3) is 22.3 Å². The number of aryl methyl sites for hydroxylation is 1. The van der Waals surface area contributed by atoms with E-state index < -0.39 is 109 Å². The number of hydrogen-bond donors (Lipinski definition) is 9. The number of hydrogen-bond acceptors (Lipinski definition) is 20. The standard InChI is InChI=1S/C61H80FN11O18/c1-4-61(84)42-26-47-57-40(31-73(47)59(82)41(42)34-91-60(61)83)56-44(12-11-39-37(3)43(62)27-45(71-57)55(39)56)69-54(80)35-90-36-68-51(77)29-67-58(81)46(25-38-9-7-6-8-10-38)70-52(78)30-66-50(76)28-65-49(75)13-16-86-21-22-87-17-14-64-53(79)33-72(32-48(63)74)15-18-88-23-24-89-20-19-85-5-2/h6-10,26-27,44,46,84H,4-5,11-25,28-36H2,1-3H3,(H2,63,74)(H,64,79)(H,65,75)(H,66,76)(H,67,81)(H,68,77)(H,69,80)(H,70,78)/t44-,46-,61-/m0/s1. The first kappa shape index (κ1) is 70.1. The van der Waals surface area contributed by atoms with Crippen LogP contribution in [-0.4, -0.2) is 204 Å². The summed E-state index contributed by atoms with van der Waals surface area (Å²) in [7, 11) is 0. The smallest absolute Gasteiger partial charge is 0.343 e. The normalized spacial score (nSPS) is 15.6. The molecule has 7 rings (SSSR count). The molecular formula is C61H80FN11O18. The summed E-state index contributed by atoms with van der Waals surface area (Å²) in [5.74, 6) is -6.17. The molecule has 2 aromatic heterocycles. The predicted molar refractivity (Wildman–Crippen MR) is 322 cm³/mol. The van der Waals surface area contributed by atoms with Crippen LogP contribution >= 0.6 is 0 Å². The van der Waals surface area contributed by atoms with Crippen molar-refractivity contribution in [1.82, 2.24) is 51.7 Å². The number of nitrogens with zero attached hydrogens (tertiary/aromatic N) is 3. The Morgan fingerprint density at radius 1 is 0.769 bits per heavy atom. The molecule has 4 heterocycles. The van der Waals surface area contributed by atoms with Gasteiger partial charge >= 0.3 is 5.97 Å². The van der Waals surface area contributed by atoms with E-state index in [9.17, 15) is 53.1 Å². The molecule has 2 aliphatic heterocycles. The van der Waals surface area contributed by atoms with E-state index in [-0.39, 0.29) is 102 Å². The summed E-state index contributed by atoms with van der Waals surface area (Å²) < 4.78 is 54.6. The number of cyclic esters (lactones) is 1. The van der Waals surface area contributed by atoms with E-state index in [1.54, 1.807) is 55.1 Å². The highest BCUT2D eigenvalue weighted by atomic mass is 19.1. The monoisotopic (exact) mass is 1270 g/mol. The molecule has 0 spiro atoms. The molecule has 29 nitrogen and oxygen atoms in total. The van der Waals surface area contributed by atoms with Gasteiger partial charge in [-0.2, -0.15) is 0 Å². The molecule has 91 heavy (non-hydrogen) atoms. The van der Waals surface area contributed by atoms with Gasteiger partial charge in [-0.25, -0.2) is 14.2 Å². The number of esters is 1. The number of pyridine rings is 2. The molecule has 494 valence electrons. The van der Waals surface area contributed by atoms with Gasteiger partial charge in [0.15, 0.2) is 5.60 Å². The zero-order valence-corrected chi connectivity index (χ0v) is 51.3. The Morgan fingerprint density at radius 3 is 2.16 bits per heavy atom. The average molecular weight is 1270 g/mol.